The van der Waals surface area contributed by atoms with Crippen molar-refractivity contribution in [2.75, 3.05) is 11.1 Å². The zero-order valence-electron chi connectivity index (χ0n) is 10.2. The van der Waals surface area contributed by atoms with E-state index in [0.29, 0.717) is 11.4 Å². The third-order valence-electron chi connectivity index (χ3n) is 2.64. The zero-order chi connectivity index (χ0) is 14.0. The van der Waals surface area contributed by atoms with Crippen molar-refractivity contribution in [3.63, 3.8) is 0 Å². The summed E-state index contributed by atoms with van der Waals surface area (Å²) in [5.41, 5.74) is 6.67. The maximum atomic E-state index is 12.0. The van der Waals surface area contributed by atoms with Gasteiger partial charge in [-0.3, -0.25) is 14.9 Å². The summed E-state index contributed by atoms with van der Waals surface area (Å²) in [5, 5.41) is 13.3. The number of para-hydroxylation sites is 2. The summed E-state index contributed by atoms with van der Waals surface area (Å²) in [5.74, 6) is -0.450. The highest BCUT2D eigenvalue weighted by Crippen LogP contribution is 2.20. The summed E-state index contributed by atoms with van der Waals surface area (Å²) in [7, 11) is 1.57. The first-order valence-corrected chi connectivity index (χ1v) is 5.45. The first kappa shape index (κ1) is 12.6. The predicted octanol–water partition coefficient (Wildman–Crippen LogP) is 1.77. The van der Waals surface area contributed by atoms with Gasteiger partial charge < -0.3 is 15.6 Å². The molecule has 0 aliphatic rings. The third kappa shape index (κ3) is 2.54. The van der Waals surface area contributed by atoms with Crippen LogP contribution in [0, 0.1) is 10.1 Å². The molecular formula is C12H12N4O3. The molecule has 0 aliphatic heterocycles. The topological polar surface area (TPSA) is 103 Å². The number of hydrogen-bond donors (Lipinski definition) is 2. The molecule has 1 amide bonds. The van der Waals surface area contributed by atoms with Gasteiger partial charge >= 0.3 is 0 Å². The molecule has 0 unspecified atom stereocenters. The second-order valence-corrected chi connectivity index (χ2v) is 3.99. The molecule has 0 bridgehead atoms. The van der Waals surface area contributed by atoms with Crippen LogP contribution in [0.3, 0.4) is 0 Å². The van der Waals surface area contributed by atoms with Gasteiger partial charge in [-0.1, -0.05) is 12.1 Å². The monoisotopic (exact) mass is 260 g/mol. The Balaban J connectivity index is 2.26. The van der Waals surface area contributed by atoms with E-state index < -0.39 is 10.8 Å². The second-order valence-electron chi connectivity index (χ2n) is 3.99. The van der Waals surface area contributed by atoms with E-state index >= 15 is 0 Å². The fourth-order valence-electron chi connectivity index (χ4n) is 1.67. The fourth-order valence-corrected chi connectivity index (χ4v) is 1.67. The number of rotatable bonds is 3. The average molecular weight is 260 g/mol. The van der Waals surface area contributed by atoms with E-state index in [0.717, 1.165) is 0 Å². The highest BCUT2D eigenvalue weighted by Gasteiger charge is 2.17. The number of nitro groups is 1. The van der Waals surface area contributed by atoms with E-state index in [1.165, 1.54) is 16.8 Å². The first-order valence-electron chi connectivity index (χ1n) is 5.45. The average Bonchev–Trinajstić information content (AvgIpc) is 2.74. The normalized spacial score (nSPS) is 10.2. The number of aromatic nitrogens is 1. The molecule has 98 valence electrons. The molecule has 1 aromatic heterocycles. The standard InChI is InChI=1S/C12H12N4O3/c1-15-7-8(16(18)19)6-11(15)12(17)14-10-5-3-2-4-9(10)13/h2-7H,13H2,1H3,(H,14,17). The Labute approximate surface area is 108 Å². The maximum Gasteiger partial charge on any atom is 0.287 e. The van der Waals surface area contributed by atoms with E-state index in [2.05, 4.69) is 5.32 Å². The van der Waals surface area contributed by atoms with Gasteiger partial charge in [0.25, 0.3) is 11.6 Å². The minimum atomic E-state index is -0.548. The van der Waals surface area contributed by atoms with Gasteiger partial charge in [0.05, 0.1) is 22.5 Å². The number of aryl methyl sites for hydroxylation is 1. The molecule has 7 heteroatoms. The molecule has 0 atom stereocenters. The predicted molar refractivity (Wildman–Crippen MR) is 70.9 cm³/mol. The van der Waals surface area contributed by atoms with Gasteiger partial charge in [-0.05, 0) is 12.1 Å². The molecule has 7 nitrogen and oxygen atoms in total. The molecule has 0 fully saturated rings. The van der Waals surface area contributed by atoms with E-state index in [-0.39, 0.29) is 11.4 Å². The highest BCUT2D eigenvalue weighted by molar-refractivity contribution is 6.05. The van der Waals surface area contributed by atoms with Crippen molar-refractivity contribution < 1.29 is 9.72 Å². The van der Waals surface area contributed by atoms with Gasteiger partial charge in [-0.2, -0.15) is 0 Å². The lowest BCUT2D eigenvalue weighted by Gasteiger charge is -2.07. The fraction of sp³-hybridized carbons (Fsp3) is 0.0833. The lowest BCUT2D eigenvalue weighted by atomic mass is 10.2. The Bertz CT molecular complexity index is 648. The minimum absolute atomic E-state index is 0.131. The number of carbonyl (C=O) groups excluding carboxylic acids is 1. The van der Waals surface area contributed by atoms with Gasteiger partial charge in [0.2, 0.25) is 0 Å². The van der Waals surface area contributed by atoms with Crippen molar-refractivity contribution in [2.24, 2.45) is 7.05 Å². The van der Waals surface area contributed by atoms with Crippen LogP contribution in [0.15, 0.2) is 36.5 Å². The van der Waals surface area contributed by atoms with Crippen LogP contribution >= 0.6 is 0 Å². The van der Waals surface area contributed by atoms with E-state index in [1.807, 2.05) is 0 Å². The summed E-state index contributed by atoms with van der Waals surface area (Å²) in [6.45, 7) is 0. The largest absolute Gasteiger partial charge is 0.397 e. The number of amides is 1. The van der Waals surface area contributed by atoms with Crippen LogP contribution in [0.4, 0.5) is 17.1 Å². The minimum Gasteiger partial charge on any atom is -0.397 e. The van der Waals surface area contributed by atoms with Crippen LogP contribution < -0.4 is 11.1 Å². The lowest BCUT2D eigenvalue weighted by molar-refractivity contribution is -0.384. The maximum absolute atomic E-state index is 12.0. The van der Waals surface area contributed by atoms with E-state index in [1.54, 1.807) is 31.3 Å². The van der Waals surface area contributed by atoms with Gasteiger partial charge in [-0.15, -0.1) is 0 Å². The van der Waals surface area contributed by atoms with Gasteiger partial charge in [-0.25, -0.2) is 0 Å². The van der Waals surface area contributed by atoms with Crippen LogP contribution in [-0.4, -0.2) is 15.4 Å². The molecule has 0 aliphatic carbocycles. The Morgan fingerprint density at radius 1 is 1.42 bits per heavy atom. The molecule has 0 saturated heterocycles. The highest BCUT2D eigenvalue weighted by atomic mass is 16.6. The number of nitrogens with zero attached hydrogens (tertiary/aromatic N) is 2. The molecule has 1 heterocycles. The Morgan fingerprint density at radius 3 is 2.68 bits per heavy atom. The molecule has 3 N–H and O–H groups in total. The SMILES string of the molecule is Cn1cc([N+](=O)[O-])cc1C(=O)Nc1ccccc1N. The summed E-state index contributed by atoms with van der Waals surface area (Å²) in [6.07, 6.45) is 1.28. The summed E-state index contributed by atoms with van der Waals surface area (Å²) in [4.78, 5) is 22.1. The van der Waals surface area contributed by atoms with Gasteiger partial charge in [0, 0.05) is 13.1 Å². The summed E-state index contributed by atoms with van der Waals surface area (Å²) >= 11 is 0. The van der Waals surface area contributed by atoms with Crippen molar-refractivity contribution >= 4 is 23.0 Å². The quantitative estimate of drug-likeness (QED) is 0.498. The van der Waals surface area contributed by atoms with E-state index in [4.69, 9.17) is 5.73 Å². The molecule has 0 saturated carbocycles. The smallest absolute Gasteiger partial charge is 0.287 e. The lowest BCUT2D eigenvalue weighted by Crippen LogP contribution is -2.16. The first-order chi connectivity index (χ1) is 8.99. The number of nitrogens with two attached hydrogens (primary N) is 1. The molecule has 0 radical (unpaired) electrons. The number of anilines is 2. The van der Waals surface area contributed by atoms with Gasteiger partial charge in [0.1, 0.15) is 5.69 Å². The van der Waals surface area contributed by atoms with Gasteiger partial charge in [0.15, 0.2) is 0 Å². The Kier molecular flexibility index (Phi) is 3.19. The molecule has 2 aromatic rings. The Morgan fingerprint density at radius 2 is 2.11 bits per heavy atom. The number of benzene rings is 1. The molecule has 2 rings (SSSR count). The second kappa shape index (κ2) is 4.81. The van der Waals surface area contributed by atoms with Crippen molar-refractivity contribution in [1.82, 2.24) is 4.57 Å². The number of nitrogens with one attached hydrogen (secondary N) is 1. The molecule has 1 aromatic carbocycles. The van der Waals surface area contributed by atoms with Crippen LogP contribution in [0.2, 0.25) is 0 Å². The van der Waals surface area contributed by atoms with Crippen LogP contribution in [-0.2, 0) is 7.05 Å². The number of hydrogen-bond acceptors (Lipinski definition) is 4. The number of nitrogen functional groups attached to an aromatic ring is 1. The van der Waals surface area contributed by atoms with Crippen molar-refractivity contribution in [1.29, 1.82) is 0 Å². The third-order valence-corrected chi connectivity index (χ3v) is 2.64. The molecule has 0 spiro atoms. The van der Waals surface area contributed by atoms with Crippen molar-refractivity contribution in [3.8, 4) is 0 Å². The van der Waals surface area contributed by atoms with Crippen LogP contribution in [0.5, 0.6) is 0 Å². The number of carbonyl (C=O) groups is 1. The van der Waals surface area contributed by atoms with Crippen LogP contribution in [0.25, 0.3) is 0 Å². The molecular weight excluding hydrogens is 248 g/mol. The summed E-state index contributed by atoms with van der Waals surface area (Å²) in [6, 6.07) is 8.01. The molecule has 19 heavy (non-hydrogen) atoms. The van der Waals surface area contributed by atoms with Crippen LogP contribution in [0.1, 0.15) is 10.5 Å². The van der Waals surface area contributed by atoms with Crippen molar-refractivity contribution in [3.05, 3.63) is 52.3 Å². The zero-order valence-corrected chi connectivity index (χ0v) is 10.2. The summed E-state index contributed by atoms with van der Waals surface area (Å²) < 4.78 is 1.40. The van der Waals surface area contributed by atoms with Crippen molar-refractivity contribution in [2.45, 2.75) is 0 Å². The Hall–Kier alpha value is -2.83. The van der Waals surface area contributed by atoms with E-state index in [9.17, 15) is 14.9 Å².